The third kappa shape index (κ3) is 5.63. The summed E-state index contributed by atoms with van der Waals surface area (Å²) in [5.74, 6) is 1.62. The van der Waals surface area contributed by atoms with Crippen LogP contribution in [-0.2, 0) is 4.79 Å². The number of carbonyl (C=O) groups excluding carboxylic acids is 2. The summed E-state index contributed by atoms with van der Waals surface area (Å²) in [6.07, 6.45) is 3.63. The van der Waals surface area contributed by atoms with E-state index in [4.69, 9.17) is 14.2 Å². The van der Waals surface area contributed by atoms with Crippen LogP contribution in [0.15, 0.2) is 85.1 Å². The first-order valence-electron chi connectivity index (χ1n) is 14.0. The number of amides is 3. The average Bonchev–Trinajstić information content (AvgIpc) is 3.52. The maximum atomic E-state index is 14.4. The number of benzene rings is 3. The molecule has 0 aliphatic carbocycles. The number of nitrogens with zero attached hydrogens (tertiary/aromatic N) is 3. The van der Waals surface area contributed by atoms with Gasteiger partial charge in [-0.1, -0.05) is 37.6 Å². The van der Waals surface area contributed by atoms with Gasteiger partial charge in [0.05, 0.1) is 44.1 Å². The highest BCUT2D eigenvalue weighted by molar-refractivity contribution is 6.01. The Hall–Kier alpha value is -4.92. The van der Waals surface area contributed by atoms with Gasteiger partial charge >= 0.3 is 6.03 Å². The Labute approximate surface area is 246 Å². The largest absolute Gasteiger partial charge is 0.497 e. The van der Waals surface area contributed by atoms with Crippen LogP contribution in [-0.4, -0.2) is 55.8 Å². The van der Waals surface area contributed by atoms with Gasteiger partial charge in [0.25, 0.3) is 0 Å². The maximum absolute atomic E-state index is 14.4. The van der Waals surface area contributed by atoms with E-state index >= 15 is 0 Å². The third-order valence-electron chi connectivity index (χ3n) is 7.46. The number of hydrogen-bond donors (Lipinski definition) is 1. The Morgan fingerprint density at radius 1 is 0.857 bits per heavy atom. The van der Waals surface area contributed by atoms with E-state index in [0.717, 1.165) is 41.2 Å². The number of nitrogens with one attached hydrogen (secondary N) is 1. The highest BCUT2D eigenvalue weighted by Crippen LogP contribution is 2.42. The number of methoxy groups -OCH3 is 3. The van der Waals surface area contributed by atoms with Gasteiger partial charge < -0.3 is 29.0 Å². The average molecular weight is 569 g/mol. The van der Waals surface area contributed by atoms with Gasteiger partial charge in [-0.15, -0.1) is 0 Å². The molecule has 218 valence electrons. The van der Waals surface area contributed by atoms with Gasteiger partial charge in [0.2, 0.25) is 5.91 Å². The van der Waals surface area contributed by atoms with E-state index in [1.807, 2.05) is 71.8 Å². The van der Waals surface area contributed by atoms with Gasteiger partial charge in [0.15, 0.2) is 0 Å². The number of rotatable bonds is 10. The highest BCUT2D eigenvalue weighted by atomic mass is 16.5. The number of ether oxygens (including phenoxy) is 3. The van der Waals surface area contributed by atoms with Crippen molar-refractivity contribution >= 4 is 23.3 Å². The summed E-state index contributed by atoms with van der Waals surface area (Å²) in [7, 11) is 4.73. The lowest BCUT2D eigenvalue weighted by molar-refractivity contribution is -0.119. The quantitative estimate of drug-likeness (QED) is 0.244. The van der Waals surface area contributed by atoms with E-state index in [-0.39, 0.29) is 18.5 Å². The highest BCUT2D eigenvalue weighted by Gasteiger charge is 2.37. The first kappa shape index (κ1) is 28.6. The van der Waals surface area contributed by atoms with Crippen LogP contribution in [0.3, 0.4) is 0 Å². The summed E-state index contributed by atoms with van der Waals surface area (Å²) >= 11 is 0. The molecule has 0 saturated heterocycles. The van der Waals surface area contributed by atoms with Crippen LogP contribution in [0.4, 0.5) is 16.2 Å². The zero-order chi connectivity index (χ0) is 29.6. The third-order valence-corrected chi connectivity index (χ3v) is 7.46. The normalized spacial score (nSPS) is 13.5. The fourth-order valence-electron chi connectivity index (χ4n) is 5.30. The second-order valence-electron chi connectivity index (χ2n) is 10.0. The fourth-order valence-corrected chi connectivity index (χ4v) is 5.30. The molecule has 1 aliphatic heterocycles. The summed E-state index contributed by atoms with van der Waals surface area (Å²) in [6.45, 7) is 2.37. The van der Waals surface area contributed by atoms with E-state index in [9.17, 15) is 9.59 Å². The van der Waals surface area contributed by atoms with Crippen LogP contribution < -0.4 is 24.4 Å². The number of carbonyl (C=O) groups is 2. The molecule has 3 amide bonds. The Morgan fingerprint density at radius 2 is 1.57 bits per heavy atom. The fraction of sp³-hybridized carbons (Fsp3) is 0.273. The summed E-state index contributed by atoms with van der Waals surface area (Å²) in [6, 6.07) is 24.0. The van der Waals surface area contributed by atoms with Crippen molar-refractivity contribution in [2.24, 2.45) is 0 Å². The van der Waals surface area contributed by atoms with Gasteiger partial charge in [0.1, 0.15) is 29.8 Å². The number of anilines is 2. The molecule has 1 unspecified atom stereocenters. The van der Waals surface area contributed by atoms with Gasteiger partial charge in [-0.2, -0.15) is 0 Å². The van der Waals surface area contributed by atoms with E-state index < -0.39 is 6.04 Å². The number of hydrogen-bond acceptors (Lipinski definition) is 5. The topological polar surface area (TPSA) is 85.3 Å². The standard InChI is InChI=1S/C33H36N4O5/c1-5-6-19-35(33(39)34-26-18-17-25(41-3)21-30(26)42-4)22-31(38)37-28-11-8-7-10-27(28)36-20-9-12-29(36)32(37)23-13-15-24(40-2)16-14-23/h7-18,20-21,32H,5-6,19,22H2,1-4H3,(H,34,39). The Morgan fingerprint density at radius 3 is 2.26 bits per heavy atom. The van der Waals surface area contributed by atoms with Crippen molar-refractivity contribution in [3.63, 3.8) is 0 Å². The molecule has 0 radical (unpaired) electrons. The smallest absolute Gasteiger partial charge is 0.322 e. The lowest BCUT2D eigenvalue weighted by Gasteiger charge is -2.39. The van der Waals surface area contributed by atoms with Crippen LogP contribution in [0.1, 0.15) is 37.1 Å². The van der Waals surface area contributed by atoms with Crippen molar-refractivity contribution in [3.05, 3.63) is 96.3 Å². The van der Waals surface area contributed by atoms with Gasteiger partial charge in [-0.3, -0.25) is 9.69 Å². The number of unbranched alkanes of at least 4 members (excludes halogenated alkanes) is 1. The van der Waals surface area contributed by atoms with Crippen molar-refractivity contribution in [2.75, 3.05) is 44.6 Å². The first-order chi connectivity index (χ1) is 20.5. The lowest BCUT2D eigenvalue weighted by atomic mass is 9.97. The molecule has 1 aliphatic rings. The molecule has 3 aromatic carbocycles. The van der Waals surface area contributed by atoms with Crippen molar-refractivity contribution < 1.29 is 23.8 Å². The lowest BCUT2D eigenvalue weighted by Crippen LogP contribution is -2.48. The molecule has 1 aromatic heterocycles. The molecule has 9 nitrogen and oxygen atoms in total. The molecule has 1 N–H and O–H groups in total. The summed E-state index contributed by atoms with van der Waals surface area (Å²) in [4.78, 5) is 31.4. The number of aromatic nitrogens is 1. The second-order valence-corrected chi connectivity index (χ2v) is 10.0. The second kappa shape index (κ2) is 12.7. The van der Waals surface area contributed by atoms with Gasteiger partial charge in [-0.05, 0) is 60.5 Å². The van der Waals surface area contributed by atoms with Crippen LogP contribution >= 0.6 is 0 Å². The summed E-state index contributed by atoms with van der Waals surface area (Å²) < 4.78 is 18.3. The molecular formula is C33H36N4O5. The van der Waals surface area contributed by atoms with Crippen molar-refractivity contribution in [2.45, 2.75) is 25.8 Å². The van der Waals surface area contributed by atoms with E-state index in [2.05, 4.69) is 16.8 Å². The van der Waals surface area contributed by atoms with E-state index in [0.29, 0.717) is 23.7 Å². The van der Waals surface area contributed by atoms with Gasteiger partial charge in [-0.25, -0.2) is 4.79 Å². The van der Waals surface area contributed by atoms with Crippen molar-refractivity contribution in [1.82, 2.24) is 9.47 Å². The Balaban J connectivity index is 1.49. The van der Waals surface area contributed by atoms with Crippen LogP contribution in [0.5, 0.6) is 17.2 Å². The zero-order valence-electron chi connectivity index (χ0n) is 24.4. The Kier molecular flexibility index (Phi) is 8.66. The summed E-state index contributed by atoms with van der Waals surface area (Å²) in [5.41, 5.74) is 4.07. The predicted molar refractivity (Wildman–Crippen MR) is 163 cm³/mol. The number of urea groups is 1. The molecule has 4 aromatic rings. The van der Waals surface area contributed by atoms with Gasteiger partial charge in [0, 0.05) is 18.8 Å². The molecule has 0 saturated carbocycles. The zero-order valence-corrected chi connectivity index (χ0v) is 24.4. The predicted octanol–water partition coefficient (Wildman–Crippen LogP) is 6.27. The molecular weight excluding hydrogens is 532 g/mol. The van der Waals surface area contributed by atoms with Crippen molar-refractivity contribution in [1.29, 1.82) is 0 Å². The summed E-state index contributed by atoms with van der Waals surface area (Å²) in [5, 5.41) is 2.93. The van der Waals surface area contributed by atoms with Crippen LogP contribution in [0, 0.1) is 0 Å². The minimum atomic E-state index is -0.397. The Bertz CT molecular complexity index is 1550. The molecule has 0 spiro atoms. The molecule has 1 atom stereocenters. The van der Waals surface area contributed by atoms with E-state index in [1.54, 1.807) is 37.3 Å². The SMILES string of the molecule is CCCCN(CC(=O)N1c2ccccc2-n2cccc2C1c1ccc(OC)cc1)C(=O)Nc1ccc(OC)cc1OC. The minimum absolute atomic E-state index is 0.105. The van der Waals surface area contributed by atoms with Crippen LogP contribution in [0.2, 0.25) is 0 Å². The first-order valence-corrected chi connectivity index (χ1v) is 14.0. The number of fused-ring (bicyclic) bond motifs is 3. The molecule has 2 heterocycles. The van der Waals surface area contributed by atoms with Crippen LogP contribution in [0.25, 0.3) is 5.69 Å². The minimum Gasteiger partial charge on any atom is -0.497 e. The monoisotopic (exact) mass is 568 g/mol. The molecule has 42 heavy (non-hydrogen) atoms. The maximum Gasteiger partial charge on any atom is 0.322 e. The van der Waals surface area contributed by atoms with E-state index in [1.165, 1.54) is 7.11 Å². The molecule has 5 rings (SSSR count). The molecule has 0 bridgehead atoms. The number of para-hydroxylation sites is 2. The molecule has 9 heteroatoms. The molecule has 0 fully saturated rings. The van der Waals surface area contributed by atoms with Crippen molar-refractivity contribution in [3.8, 4) is 22.9 Å².